The first-order valence-electron chi connectivity index (χ1n) is 10.1. The number of likely N-dealkylation sites (tertiary alicyclic amines) is 1. The van der Waals surface area contributed by atoms with Gasteiger partial charge in [0.2, 0.25) is 5.91 Å². The Morgan fingerprint density at radius 3 is 2.45 bits per heavy atom. The molecule has 8 heteroatoms. The van der Waals surface area contributed by atoms with Crippen molar-refractivity contribution >= 4 is 27.7 Å². The summed E-state index contributed by atoms with van der Waals surface area (Å²) in [6, 6.07) is 17.6. The van der Waals surface area contributed by atoms with Gasteiger partial charge in [0.1, 0.15) is 24.2 Å². The van der Waals surface area contributed by atoms with Crippen molar-refractivity contribution in [3.05, 3.63) is 82.7 Å². The lowest BCUT2D eigenvalue weighted by molar-refractivity contribution is -0.135. The number of piperidine rings is 1. The van der Waals surface area contributed by atoms with E-state index in [0.29, 0.717) is 25.9 Å². The van der Waals surface area contributed by atoms with Crippen molar-refractivity contribution in [1.82, 2.24) is 15.4 Å². The Hall–Kier alpha value is -3.13. The average Bonchev–Trinajstić information content (AvgIpc) is 3.35. The Kier molecular flexibility index (Phi) is 6.66. The van der Waals surface area contributed by atoms with Gasteiger partial charge in [0.05, 0.1) is 4.47 Å². The number of nitrogens with zero attached hydrogens (tertiary/aromatic N) is 2. The number of benzene rings is 2. The molecule has 3 aromatic rings. The third kappa shape index (κ3) is 5.14. The maximum absolute atomic E-state index is 13.3. The van der Waals surface area contributed by atoms with E-state index in [1.54, 1.807) is 4.90 Å². The van der Waals surface area contributed by atoms with E-state index in [-0.39, 0.29) is 17.7 Å². The number of hydrogen-bond acceptors (Lipinski definition) is 5. The molecule has 1 aliphatic rings. The van der Waals surface area contributed by atoms with Gasteiger partial charge in [-0.3, -0.25) is 9.59 Å². The molecule has 1 N–H and O–H groups in total. The number of halogens is 1. The first kappa shape index (κ1) is 21.1. The summed E-state index contributed by atoms with van der Waals surface area (Å²) in [7, 11) is 0. The summed E-state index contributed by atoms with van der Waals surface area (Å²) >= 11 is 3.50. The molecule has 1 saturated heterocycles. The van der Waals surface area contributed by atoms with Crippen LogP contribution in [0, 0.1) is 0 Å². The summed E-state index contributed by atoms with van der Waals surface area (Å²) in [6.45, 7) is 1.11. The van der Waals surface area contributed by atoms with Crippen LogP contribution in [-0.4, -0.2) is 41.1 Å². The molecule has 1 aromatic heterocycles. The van der Waals surface area contributed by atoms with Gasteiger partial charge < -0.3 is 19.5 Å². The Morgan fingerprint density at radius 2 is 1.77 bits per heavy atom. The summed E-state index contributed by atoms with van der Waals surface area (Å²) < 4.78 is 11.8. The normalized spacial score (nSPS) is 15.3. The maximum Gasteiger partial charge on any atom is 0.274 e. The topological polar surface area (TPSA) is 84.7 Å². The van der Waals surface area contributed by atoms with E-state index in [4.69, 9.17) is 9.26 Å². The van der Waals surface area contributed by atoms with E-state index < -0.39 is 11.9 Å². The summed E-state index contributed by atoms with van der Waals surface area (Å²) in [5.41, 5.74) is 0.852. The highest BCUT2D eigenvalue weighted by Gasteiger charge is 2.31. The van der Waals surface area contributed by atoms with Crippen molar-refractivity contribution in [1.29, 1.82) is 0 Å². The highest BCUT2D eigenvalue weighted by molar-refractivity contribution is 9.10. The molecule has 0 radical (unpaired) electrons. The van der Waals surface area contributed by atoms with Crippen molar-refractivity contribution in [3.8, 4) is 5.75 Å². The zero-order valence-corrected chi connectivity index (χ0v) is 18.3. The third-order valence-corrected chi connectivity index (χ3v) is 5.86. The van der Waals surface area contributed by atoms with E-state index in [2.05, 4.69) is 26.4 Å². The molecule has 1 aliphatic heterocycles. The number of nitrogens with one attached hydrogen (secondary N) is 1. The highest BCUT2D eigenvalue weighted by atomic mass is 79.9. The molecule has 2 amide bonds. The predicted molar refractivity (Wildman–Crippen MR) is 118 cm³/mol. The molecule has 2 heterocycles. The number of para-hydroxylation sites is 1. The fourth-order valence-corrected chi connectivity index (χ4v) is 3.94. The molecular weight excluding hydrogens is 462 g/mol. The van der Waals surface area contributed by atoms with E-state index in [1.807, 2.05) is 54.6 Å². The van der Waals surface area contributed by atoms with Crippen LogP contribution in [0.2, 0.25) is 0 Å². The van der Waals surface area contributed by atoms with E-state index in [0.717, 1.165) is 15.8 Å². The number of ether oxygens (including phenoxy) is 1. The fourth-order valence-electron chi connectivity index (χ4n) is 3.56. The van der Waals surface area contributed by atoms with Gasteiger partial charge in [0, 0.05) is 32.0 Å². The standard InChI is InChI=1S/C23H22BrN3O4/c24-18-8-4-5-9-20(18)31-17-10-13-27(14-11-17)23(29)21(16-6-2-1-3-7-16)25-22(28)19-12-15-30-26-19/h1-9,12,15,17,21H,10-11,13-14H2,(H,25,28). The molecule has 31 heavy (non-hydrogen) atoms. The molecule has 0 spiro atoms. The van der Waals surface area contributed by atoms with Crippen molar-refractivity contribution in [2.75, 3.05) is 13.1 Å². The van der Waals surface area contributed by atoms with Crippen LogP contribution in [0.5, 0.6) is 5.75 Å². The average molecular weight is 484 g/mol. The van der Waals surface area contributed by atoms with Gasteiger partial charge >= 0.3 is 0 Å². The van der Waals surface area contributed by atoms with Gasteiger partial charge in [-0.15, -0.1) is 0 Å². The van der Waals surface area contributed by atoms with Gasteiger partial charge in [0.15, 0.2) is 5.69 Å². The minimum Gasteiger partial charge on any atom is -0.489 e. The lowest BCUT2D eigenvalue weighted by atomic mass is 10.0. The van der Waals surface area contributed by atoms with Gasteiger partial charge in [-0.2, -0.15) is 0 Å². The van der Waals surface area contributed by atoms with Crippen LogP contribution in [-0.2, 0) is 4.79 Å². The predicted octanol–water partition coefficient (Wildman–Crippen LogP) is 3.98. The Balaban J connectivity index is 1.42. The minimum absolute atomic E-state index is 0.0302. The monoisotopic (exact) mass is 483 g/mol. The van der Waals surface area contributed by atoms with Gasteiger partial charge in [-0.1, -0.05) is 47.6 Å². The van der Waals surface area contributed by atoms with Crippen LogP contribution in [0.3, 0.4) is 0 Å². The van der Waals surface area contributed by atoms with Crippen molar-refractivity contribution in [2.45, 2.75) is 25.0 Å². The lowest BCUT2D eigenvalue weighted by Crippen LogP contribution is -2.47. The second kappa shape index (κ2) is 9.78. The highest BCUT2D eigenvalue weighted by Crippen LogP contribution is 2.28. The van der Waals surface area contributed by atoms with E-state index in [9.17, 15) is 9.59 Å². The van der Waals surface area contributed by atoms with Crippen molar-refractivity contribution in [2.24, 2.45) is 0 Å². The zero-order valence-electron chi connectivity index (χ0n) is 16.7. The van der Waals surface area contributed by atoms with Crippen LogP contribution in [0.25, 0.3) is 0 Å². The Bertz CT molecular complexity index is 1020. The number of amides is 2. The number of hydrogen-bond donors (Lipinski definition) is 1. The van der Waals surface area contributed by atoms with Crippen LogP contribution >= 0.6 is 15.9 Å². The molecule has 1 unspecified atom stereocenters. The molecule has 0 bridgehead atoms. The molecule has 2 aromatic carbocycles. The van der Waals surface area contributed by atoms with Crippen LogP contribution in [0.1, 0.15) is 34.9 Å². The molecule has 7 nitrogen and oxygen atoms in total. The van der Waals surface area contributed by atoms with Gasteiger partial charge in [0.25, 0.3) is 5.91 Å². The first-order valence-corrected chi connectivity index (χ1v) is 10.9. The number of carbonyl (C=O) groups excluding carboxylic acids is 2. The minimum atomic E-state index is -0.800. The fraction of sp³-hybridized carbons (Fsp3) is 0.261. The van der Waals surface area contributed by atoms with Crippen molar-refractivity contribution in [3.63, 3.8) is 0 Å². The smallest absolute Gasteiger partial charge is 0.274 e. The summed E-state index contributed by atoms with van der Waals surface area (Å²) in [5, 5.41) is 6.46. The maximum atomic E-state index is 13.3. The summed E-state index contributed by atoms with van der Waals surface area (Å²) in [4.78, 5) is 27.7. The molecule has 160 valence electrons. The van der Waals surface area contributed by atoms with Crippen molar-refractivity contribution < 1.29 is 18.8 Å². The molecule has 1 atom stereocenters. The van der Waals surface area contributed by atoms with E-state index >= 15 is 0 Å². The van der Waals surface area contributed by atoms with Crippen LogP contribution < -0.4 is 10.1 Å². The first-order chi connectivity index (χ1) is 15.1. The van der Waals surface area contributed by atoms with Crippen LogP contribution in [0.15, 0.2) is 75.9 Å². The summed E-state index contributed by atoms with van der Waals surface area (Å²) in [5.74, 6) is 0.194. The molecule has 4 rings (SSSR count). The summed E-state index contributed by atoms with van der Waals surface area (Å²) in [6.07, 6.45) is 2.78. The Morgan fingerprint density at radius 1 is 1.06 bits per heavy atom. The van der Waals surface area contributed by atoms with Crippen LogP contribution in [0.4, 0.5) is 0 Å². The number of aromatic nitrogens is 1. The van der Waals surface area contributed by atoms with Gasteiger partial charge in [-0.25, -0.2) is 0 Å². The molecule has 0 aliphatic carbocycles. The zero-order chi connectivity index (χ0) is 21.6. The Labute approximate surface area is 188 Å². The number of rotatable bonds is 6. The number of carbonyl (C=O) groups is 2. The third-order valence-electron chi connectivity index (χ3n) is 5.21. The van der Waals surface area contributed by atoms with Gasteiger partial charge in [-0.05, 0) is 33.6 Å². The lowest BCUT2D eigenvalue weighted by Gasteiger charge is -2.34. The largest absolute Gasteiger partial charge is 0.489 e. The van der Waals surface area contributed by atoms with E-state index in [1.165, 1.54) is 12.3 Å². The quantitative estimate of drug-likeness (QED) is 0.573. The molecule has 1 fully saturated rings. The second-order valence-electron chi connectivity index (χ2n) is 7.27. The molecule has 0 saturated carbocycles. The SMILES string of the molecule is O=C(NC(C(=O)N1CCC(Oc2ccccc2Br)CC1)c1ccccc1)c1ccon1. The second-order valence-corrected chi connectivity index (χ2v) is 8.13. The molecular formula is C23H22BrN3O4.